The van der Waals surface area contributed by atoms with Crippen molar-refractivity contribution in [2.24, 2.45) is 0 Å². The molecule has 1 N–H and O–H groups in total. The van der Waals surface area contributed by atoms with Gasteiger partial charge < -0.3 is 14.8 Å². The molecule has 152 valence electrons. The van der Waals surface area contributed by atoms with Crippen molar-refractivity contribution in [1.82, 2.24) is 9.97 Å². The van der Waals surface area contributed by atoms with Crippen molar-refractivity contribution in [3.8, 4) is 22.6 Å². The molecule has 4 rings (SSSR count). The highest BCUT2D eigenvalue weighted by Gasteiger charge is 2.15. The van der Waals surface area contributed by atoms with Crippen LogP contribution in [-0.4, -0.2) is 35.8 Å². The van der Waals surface area contributed by atoms with E-state index in [1.54, 1.807) is 50.1 Å². The van der Waals surface area contributed by atoms with E-state index >= 15 is 0 Å². The second-order valence-electron chi connectivity index (χ2n) is 6.28. The van der Waals surface area contributed by atoms with Gasteiger partial charge in [0.25, 0.3) is 0 Å². The minimum atomic E-state index is -0.129. The summed E-state index contributed by atoms with van der Waals surface area (Å²) in [6, 6.07) is 15.4. The van der Waals surface area contributed by atoms with Gasteiger partial charge in [0, 0.05) is 22.7 Å². The first kappa shape index (κ1) is 20.2. The topological polar surface area (TPSA) is 73.3 Å². The van der Waals surface area contributed by atoms with Crippen LogP contribution in [-0.2, 0) is 4.79 Å². The van der Waals surface area contributed by atoms with Crippen LogP contribution in [0.2, 0.25) is 0 Å². The van der Waals surface area contributed by atoms with Crippen molar-refractivity contribution in [3.05, 3.63) is 60.2 Å². The maximum atomic E-state index is 12.5. The van der Waals surface area contributed by atoms with Crippen LogP contribution in [0.4, 0.5) is 5.69 Å². The summed E-state index contributed by atoms with van der Waals surface area (Å²) in [6.07, 6.45) is 1.54. The molecule has 0 saturated heterocycles. The van der Waals surface area contributed by atoms with Crippen molar-refractivity contribution in [1.29, 1.82) is 0 Å². The van der Waals surface area contributed by atoms with E-state index in [9.17, 15) is 4.79 Å². The summed E-state index contributed by atoms with van der Waals surface area (Å²) >= 11 is 2.97. The molecule has 0 atom stereocenters. The fourth-order valence-corrected chi connectivity index (χ4v) is 4.83. The molecule has 0 aliphatic heterocycles. The van der Waals surface area contributed by atoms with E-state index in [0.29, 0.717) is 17.2 Å². The summed E-state index contributed by atoms with van der Waals surface area (Å²) in [5.74, 6) is 1.27. The number of carbonyl (C=O) groups excluding carboxylic acids is 1. The van der Waals surface area contributed by atoms with Crippen molar-refractivity contribution < 1.29 is 14.3 Å². The number of rotatable bonds is 7. The number of thiophene rings is 1. The Balaban J connectivity index is 1.51. The molecule has 4 aromatic rings. The number of hydrogen-bond acceptors (Lipinski definition) is 7. The maximum absolute atomic E-state index is 12.5. The summed E-state index contributed by atoms with van der Waals surface area (Å²) < 4.78 is 10.5. The Hall–Kier alpha value is -3.10. The molecule has 2 heterocycles. The number of fused-ring (bicyclic) bond motifs is 1. The fourth-order valence-electron chi connectivity index (χ4n) is 3.03. The molecule has 30 heavy (non-hydrogen) atoms. The molecule has 0 saturated carbocycles. The third-order valence-electron chi connectivity index (χ3n) is 4.43. The lowest BCUT2D eigenvalue weighted by Crippen LogP contribution is -2.14. The smallest absolute Gasteiger partial charge is 0.234 e. The van der Waals surface area contributed by atoms with Crippen molar-refractivity contribution >= 4 is 44.9 Å². The van der Waals surface area contributed by atoms with Gasteiger partial charge in [0.15, 0.2) is 11.5 Å². The zero-order chi connectivity index (χ0) is 20.9. The molecule has 2 aromatic heterocycles. The van der Waals surface area contributed by atoms with Crippen molar-refractivity contribution in [2.75, 3.05) is 25.3 Å². The number of thioether (sulfide) groups is 1. The Labute approximate surface area is 182 Å². The van der Waals surface area contributed by atoms with Crippen LogP contribution >= 0.6 is 23.1 Å². The SMILES string of the molecule is COc1ccc(NC(=O)CSc2ncnc3scc(-c4ccccc4)c23)cc1OC. The van der Waals surface area contributed by atoms with Crippen LogP contribution in [0, 0.1) is 0 Å². The molecule has 0 radical (unpaired) electrons. The Morgan fingerprint density at radius 2 is 1.87 bits per heavy atom. The van der Waals surface area contributed by atoms with Gasteiger partial charge in [-0.1, -0.05) is 42.1 Å². The molecule has 0 spiro atoms. The van der Waals surface area contributed by atoms with Gasteiger partial charge in [-0.2, -0.15) is 0 Å². The normalized spacial score (nSPS) is 10.7. The molecular weight excluding hydrogens is 418 g/mol. The quantitative estimate of drug-likeness (QED) is 0.320. The molecular formula is C22H19N3O3S2. The van der Waals surface area contributed by atoms with Gasteiger partial charge in [0.2, 0.25) is 5.91 Å². The number of aromatic nitrogens is 2. The van der Waals surface area contributed by atoms with E-state index in [4.69, 9.17) is 9.47 Å². The first-order valence-corrected chi connectivity index (χ1v) is 11.0. The third-order valence-corrected chi connectivity index (χ3v) is 6.30. The van der Waals surface area contributed by atoms with E-state index in [0.717, 1.165) is 26.4 Å². The highest BCUT2D eigenvalue weighted by Crippen LogP contribution is 2.37. The van der Waals surface area contributed by atoms with Gasteiger partial charge in [0.05, 0.1) is 25.4 Å². The van der Waals surface area contributed by atoms with Crippen LogP contribution in [0.25, 0.3) is 21.3 Å². The summed E-state index contributed by atoms with van der Waals surface area (Å²) in [5, 5.41) is 6.75. The van der Waals surface area contributed by atoms with Gasteiger partial charge in [-0.15, -0.1) is 11.3 Å². The number of carbonyl (C=O) groups is 1. The van der Waals surface area contributed by atoms with E-state index in [1.165, 1.54) is 11.8 Å². The molecule has 0 bridgehead atoms. The number of amides is 1. The average Bonchev–Trinajstić information content (AvgIpc) is 3.23. The molecule has 8 heteroatoms. The molecule has 0 aliphatic rings. The molecule has 2 aromatic carbocycles. The summed E-state index contributed by atoms with van der Waals surface area (Å²) in [4.78, 5) is 22.3. The number of nitrogens with zero attached hydrogens (tertiary/aromatic N) is 2. The predicted octanol–water partition coefficient (Wildman–Crippen LogP) is 5.11. The number of benzene rings is 2. The summed E-state index contributed by atoms with van der Waals surface area (Å²) in [6.45, 7) is 0. The van der Waals surface area contributed by atoms with E-state index in [2.05, 4.69) is 32.8 Å². The van der Waals surface area contributed by atoms with Crippen LogP contribution in [0.3, 0.4) is 0 Å². The second-order valence-corrected chi connectivity index (χ2v) is 8.10. The lowest BCUT2D eigenvalue weighted by atomic mass is 10.1. The first-order chi connectivity index (χ1) is 14.7. The number of methoxy groups -OCH3 is 2. The van der Waals surface area contributed by atoms with Gasteiger partial charge in [0.1, 0.15) is 16.2 Å². The van der Waals surface area contributed by atoms with Crippen LogP contribution in [0.15, 0.2) is 65.3 Å². The van der Waals surface area contributed by atoms with Crippen molar-refractivity contribution in [2.45, 2.75) is 5.03 Å². The molecule has 6 nitrogen and oxygen atoms in total. The predicted molar refractivity (Wildman–Crippen MR) is 122 cm³/mol. The Kier molecular flexibility index (Phi) is 6.15. The van der Waals surface area contributed by atoms with Crippen LogP contribution in [0.5, 0.6) is 11.5 Å². The lowest BCUT2D eigenvalue weighted by molar-refractivity contribution is -0.113. The molecule has 0 aliphatic carbocycles. The highest BCUT2D eigenvalue weighted by molar-refractivity contribution is 8.00. The van der Waals surface area contributed by atoms with Gasteiger partial charge in [-0.05, 0) is 17.7 Å². The van der Waals surface area contributed by atoms with Gasteiger partial charge in [-0.3, -0.25) is 4.79 Å². The van der Waals surface area contributed by atoms with E-state index in [1.807, 2.05) is 18.2 Å². The number of ether oxygens (including phenoxy) is 2. The first-order valence-electron chi connectivity index (χ1n) is 9.12. The Morgan fingerprint density at radius 3 is 2.63 bits per heavy atom. The fraction of sp³-hybridized carbons (Fsp3) is 0.136. The van der Waals surface area contributed by atoms with Crippen LogP contribution < -0.4 is 14.8 Å². The minimum Gasteiger partial charge on any atom is -0.493 e. The number of anilines is 1. The lowest BCUT2D eigenvalue weighted by Gasteiger charge is -2.10. The van der Waals surface area contributed by atoms with Crippen molar-refractivity contribution in [3.63, 3.8) is 0 Å². The summed E-state index contributed by atoms with van der Waals surface area (Å²) in [5.41, 5.74) is 2.83. The third kappa shape index (κ3) is 4.24. The van der Waals surface area contributed by atoms with Gasteiger partial charge in [-0.25, -0.2) is 9.97 Å². The standard InChI is InChI=1S/C22H19N3O3S2/c1-27-17-9-8-15(10-18(17)28-2)25-19(26)12-30-22-20-16(14-6-4-3-5-7-14)11-29-21(20)23-13-24-22/h3-11,13H,12H2,1-2H3,(H,25,26). The Bertz CT molecular complexity index is 1180. The van der Waals surface area contributed by atoms with E-state index < -0.39 is 0 Å². The minimum absolute atomic E-state index is 0.129. The monoisotopic (exact) mass is 437 g/mol. The van der Waals surface area contributed by atoms with Crippen LogP contribution in [0.1, 0.15) is 0 Å². The van der Waals surface area contributed by atoms with E-state index in [-0.39, 0.29) is 11.7 Å². The molecule has 0 unspecified atom stereocenters. The summed E-state index contributed by atoms with van der Waals surface area (Å²) in [7, 11) is 3.13. The number of hydrogen-bond donors (Lipinski definition) is 1. The second kappa shape index (κ2) is 9.15. The molecule has 0 fully saturated rings. The molecule has 1 amide bonds. The zero-order valence-corrected chi connectivity index (χ0v) is 18.0. The number of nitrogens with one attached hydrogen (secondary N) is 1. The van der Waals surface area contributed by atoms with Gasteiger partial charge >= 0.3 is 0 Å². The largest absolute Gasteiger partial charge is 0.493 e. The highest BCUT2D eigenvalue weighted by atomic mass is 32.2. The maximum Gasteiger partial charge on any atom is 0.234 e. The zero-order valence-electron chi connectivity index (χ0n) is 16.4. The average molecular weight is 438 g/mol. The Morgan fingerprint density at radius 1 is 1.07 bits per heavy atom.